The molecule has 1 N–H and O–H groups in total. The smallest absolute Gasteiger partial charge is 0.146 e. The van der Waals surface area contributed by atoms with Gasteiger partial charge in [0.1, 0.15) is 12.2 Å². The number of para-hydroxylation sites is 1. The van der Waals surface area contributed by atoms with Crippen LogP contribution in [0.25, 0.3) is 0 Å². The molecule has 0 aliphatic carbocycles. The van der Waals surface area contributed by atoms with Crippen LogP contribution in [0.3, 0.4) is 0 Å². The molecule has 0 aliphatic heterocycles. The molecule has 1 heterocycles. The van der Waals surface area contributed by atoms with Crippen LogP contribution >= 0.6 is 0 Å². The lowest BCUT2D eigenvalue weighted by molar-refractivity contribution is 0.468. The second kappa shape index (κ2) is 7.08. The van der Waals surface area contributed by atoms with E-state index >= 15 is 0 Å². The van der Waals surface area contributed by atoms with Gasteiger partial charge in [0.05, 0.1) is 6.54 Å². The number of anilines is 1. The number of aryl methyl sites for hydroxylation is 1. The van der Waals surface area contributed by atoms with Gasteiger partial charge in [0.25, 0.3) is 0 Å². The molecule has 2 aromatic rings. The molecule has 0 unspecified atom stereocenters. The fourth-order valence-corrected chi connectivity index (χ4v) is 2.28. The molecule has 0 fully saturated rings. The monoisotopic (exact) mass is 272 g/mol. The summed E-state index contributed by atoms with van der Waals surface area (Å²) in [5, 5.41) is 7.78. The highest BCUT2D eigenvalue weighted by molar-refractivity contribution is 5.51. The Morgan fingerprint density at radius 2 is 2.05 bits per heavy atom. The lowest BCUT2D eigenvalue weighted by atomic mass is 10.1. The maximum Gasteiger partial charge on any atom is 0.146 e. The number of hydrogen-bond acceptors (Lipinski definition) is 3. The van der Waals surface area contributed by atoms with E-state index in [1.54, 1.807) is 6.33 Å². The van der Waals surface area contributed by atoms with Crippen molar-refractivity contribution in [2.45, 2.75) is 46.7 Å². The third kappa shape index (κ3) is 3.83. The van der Waals surface area contributed by atoms with Crippen molar-refractivity contribution in [3.05, 3.63) is 42.0 Å². The van der Waals surface area contributed by atoms with E-state index in [0.29, 0.717) is 12.5 Å². The molecule has 0 atom stereocenters. The predicted molar refractivity (Wildman–Crippen MR) is 82.6 cm³/mol. The first kappa shape index (κ1) is 14.6. The van der Waals surface area contributed by atoms with Crippen molar-refractivity contribution in [1.82, 2.24) is 14.8 Å². The summed E-state index contributed by atoms with van der Waals surface area (Å²) in [4.78, 5) is 4.35. The summed E-state index contributed by atoms with van der Waals surface area (Å²) in [5.41, 5.74) is 2.57. The first-order chi connectivity index (χ1) is 9.70. The maximum absolute atomic E-state index is 4.35. The standard InChI is InChI=1S/C16H24N4/c1-4-7-14-8-5-6-9-15(14)17-10-16-18-12-19-20(16)11-13(2)3/h5-6,8-9,12-13,17H,4,7,10-11H2,1-3H3. The van der Waals surface area contributed by atoms with Gasteiger partial charge in [-0.3, -0.25) is 0 Å². The van der Waals surface area contributed by atoms with Crippen LogP contribution in [0.4, 0.5) is 5.69 Å². The summed E-state index contributed by atoms with van der Waals surface area (Å²) in [6, 6.07) is 8.48. The molecule has 0 radical (unpaired) electrons. The van der Waals surface area contributed by atoms with Crippen LogP contribution in [-0.4, -0.2) is 14.8 Å². The summed E-state index contributed by atoms with van der Waals surface area (Å²) in [7, 11) is 0. The molecular formula is C16H24N4. The maximum atomic E-state index is 4.35. The van der Waals surface area contributed by atoms with Crippen LogP contribution in [-0.2, 0) is 19.5 Å². The Labute approximate surface area is 121 Å². The third-order valence-corrected chi connectivity index (χ3v) is 3.21. The second-order valence-electron chi connectivity index (χ2n) is 5.51. The SMILES string of the molecule is CCCc1ccccc1NCc1ncnn1CC(C)C. The van der Waals surface area contributed by atoms with Crippen molar-refractivity contribution in [3.63, 3.8) is 0 Å². The Bertz CT molecular complexity index is 531. The molecule has 0 bridgehead atoms. The molecule has 108 valence electrons. The minimum Gasteiger partial charge on any atom is -0.378 e. The van der Waals surface area contributed by atoms with Gasteiger partial charge in [-0.1, -0.05) is 45.4 Å². The number of nitrogens with zero attached hydrogens (tertiary/aromatic N) is 3. The molecule has 1 aromatic heterocycles. The molecular weight excluding hydrogens is 248 g/mol. The topological polar surface area (TPSA) is 42.7 Å². The van der Waals surface area contributed by atoms with E-state index in [9.17, 15) is 0 Å². The normalized spacial score (nSPS) is 11.0. The zero-order valence-corrected chi connectivity index (χ0v) is 12.6. The molecule has 0 spiro atoms. The highest BCUT2D eigenvalue weighted by atomic mass is 15.3. The average molecular weight is 272 g/mol. The quantitative estimate of drug-likeness (QED) is 0.839. The second-order valence-corrected chi connectivity index (χ2v) is 5.51. The molecule has 0 saturated carbocycles. The Balaban J connectivity index is 2.04. The molecule has 4 heteroatoms. The van der Waals surface area contributed by atoms with Crippen molar-refractivity contribution in [3.8, 4) is 0 Å². The van der Waals surface area contributed by atoms with Crippen molar-refractivity contribution in [1.29, 1.82) is 0 Å². The fraction of sp³-hybridized carbons (Fsp3) is 0.500. The molecule has 1 aromatic carbocycles. The summed E-state index contributed by atoms with van der Waals surface area (Å²) in [6.45, 7) is 8.21. The highest BCUT2D eigenvalue weighted by Crippen LogP contribution is 2.17. The Morgan fingerprint density at radius 1 is 1.25 bits per heavy atom. The van der Waals surface area contributed by atoms with E-state index < -0.39 is 0 Å². The first-order valence-electron chi connectivity index (χ1n) is 7.39. The number of benzene rings is 1. The van der Waals surface area contributed by atoms with Gasteiger partial charge in [0.15, 0.2) is 0 Å². The fourth-order valence-electron chi connectivity index (χ4n) is 2.28. The van der Waals surface area contributed by atoms with Gasteiger partial charge in [-0.15, -0.1) is 0 Å². The summed E-state index contributed by atoms with van der Waals surface area (Å²) < 4.78 is 1.99. The molecule has 20 heavy (non-hydrogen) atoms. The first-order valence-corrected chi connectivity index (χ1v) is 7.39. The van der Waals surface area contributed by atoms with Crippen molar-refractivity contribution >= 4 is 5.69 Å². The van der Waals surface area contributed by atoms with Gasteiger partial charge in [0, 0.05) is 12.2 Å². The largest absolute Gasteiger partial charge is 0.378 e. The van der Waals surface area contributed by atoms with E-state index in [1.165, 1.54) is 11.3 Å². The summed E-state index contributed by atoms with van der Waals surface area (Å²) in [6.07, 6.45) is 3.89. The highest BCUT2D eigenvalue weighted by Gasteiger charge is 2.07. The van der Waals surface area contributed by atoms with Crippen LogP contribution in [0.15, 0.2) is 30.6 Å². The van der Waals surface area contributed by atoms with E-state index in [0.717, 1.165) is 25.2 Å². The number of hydrogen-bond donors (Lipinski definition) is 1. The Morgan fingerprint density at radius 3 is 2.80 bits per heavy atom. The van der Waals surface area contributed by atoms with Crippen LogP contribution in [0.1, 0.15) is 38.6 Å². The molecule has 0 aliphatic rings. The van der Waals surface area contributed by atoms with Gasteiger partial charge in [0.2, 0.25) is 0 Å². The number of rotatable bonds is 7. The van der Waals surface area contributed by atoms with Crippen molar-refractivity contribution < 1.29 is 0 Å². The minimum absolute atomic E-state index is 0.572. The van der Waals surface area contributed by atoms with Crippen LogP contribution in [0.5, 0.6) is 0 Å². The van der Waals surface area contributed by atoms with E-state index in [-0.39, 0.29) is 0 Å². The van der Waals surface area contributed by atoms with Crippen molar-refractivity contribution in [2.75, 3.05) is 5.32 Å². The lowest BCUT2D eigenvalue weighted by Crippen LogP contribution is -2.13. The zero-order valence-electron chi connectivity index (χ0n) is 12.6. The summed E-state index contributed by atoms with van der Waals surface area (Å²) in [5.74, 6) is 1.56. The lowest BCUT2D eigenvalue weighted by Gasteiger charge is -2.12. The number of aromatic nitrogens is 3. The Kier molecular flexibility index (Phi) is 5.16. The van der Waals surface area contributed by atoms with Gasteiger partial charge in [-0.2, -0.15) is 5.10 Å². The third-order valence-electron chi connectivity index (χ3n) is 3.21. The number of nitrogens with one attached hydrogen (secondary N) is 1. The van der Waals surface area contributed by atoms with Crippen LogP contribution in [0.2, 0.25) is 0 Å². The molecule has 0 amide bonds. The molecule has 0 saturated heterocycles. The van der Waals surface area contributed by atoms with Gasteiger partial charge >= 0.3 is 0 Å². The molecule has 4 nitrogen and oxygen atoms in total. The average Bonchev–Trinajstić information content (AvgIpc) is 2.84. The zero-order chi connectivity index (χ0) is 14.4. The Hall–Kier alpha value is -1.84. The van der Waals surface area contributed by atoms with Gasteiger partial charge in [-0.25, -0.2) is 9.67 Å². The van der Waals surface area contributed by atoms with E-state index in [1.807, 2.05) is 4.68 Å². The van der Waals surface area contributed by atoms with Gasteiger partial charge < -0.3 is 5.32 Å². The predicted octanol–water partition coefficient (Wildman–Crippen LogP) is 3.50. The van der Waals surface area contributed by atoms with Crippen LogP contribution < -0.4 is 5.32 Å². The van der Waals surface area contributed by atoms with Gasteiger partial charge in [-0.05, 0) is 24.0 Å². The van der Waals surface area contributed by atoms with E-state index in [2.05, 4.69) is 60.4 Å². The van der Waals surface area contributed by atoms with Crippen molar-refractivity contribution in [2.24, 2.45) is 5.92 Å². The minimum atomic E-state index is 0.572. The van der Waals surface area contributed by atoms with E-state index in [4.69, 9.17) is 0 Å². The summed E-state index contributed by atoms with van der Waals surface area (Å²) >= 11 is 0. The van der Waals surface area contributed by atoms with Crippen LogP contribution in [0, 0.1) is 5.92 Å². The molecule has 2 rings (SSSR count).